The van der Waals surface area contributed by atoms with Crippen LogP contribution < -0.4 is 10.5 Å². The lowest BCUT2D eigenvalue weighted by atomic mass is 10.2. The smallest absolute Gasteiger partial charge is 0.312 e. The van der Waals surface area contributed by atoms with E-state index >= 15 is 0 Å². The minimum absolute atomic E-state index is 0.0414. The predicted molar refractivity (Wildman–Crippen MR) is 72.0 cm³/mol. The monoisotopic (exact) mass is 366 g/mol. The van der Waals surface area contributed by atoms with Crippen LogP contribution in [0.3, 0.4) is 0 Å². The average molecular weight is 366 g/mol. The van der Waals surface area contributed by atoms with Crippen molar-refractivity contribution in [2.24, 2.45) is 5.73 Å². The third-order valence-corrected chi connectivity index (χ3v) is 3.81. The summed E-state index contributed by atoms with van der Waals surface area (Å²) in [5.41, 5.74) is 5.61. The molecule has 0 bridgehead atoms. The highest BCUT2D eigenvalue weighted by molar-refractivity contribution is 14.1. The van der Waals surface area contributed by atoms with E-state index in [-0.39, 0.29) is 27.2 Å². The summed E-state index contributed by atoms with van der Waals surface area (Å²) in [4.78, 5) is 10.3. The summed E-state index contributed by atoms with van der Waals surface area (Å²) in [5, 5.41) is 10.9. The van der Waals surface area contributed by atoms with Gasteiger partial charge in [-0.25, -0.2) is 4.39 Å². The molecule has 1 aromatic rings. The lowest BCUT2D eigenvalue weighted by Crippen LogP contribution is -2.33. The van der Waals surface area contributed by atoms with Crippen molar-refractivity contribution in [2.75, 3.05) is 0 Å². The second-order valence-corrected chi connectivity index (χ2v) is 5.40. The van der Waals surface area contributed by atoms with E-state index in [1.165, 1.54) is 6.07 Å². The SMILES string of the molecule is NC1CCCC1Oc1cc(F)c(I)cc1[N+](=O)[O-]. The van der Waals surface area contributed by atoms with E-state index in [1.807, 2.05) is 0 Å². The molecule has 7 heteroatoms. The zero-order valence-corrected chi connectivity index (χ0v) is 11.6. The number of nitrogens with two attached hydrogens (primary N) is 1. The molecule has 98 valence electrons. The Morgan fingerprint density at radius 2 is 2.22 bits per heavy atom. The number of rotatable bonds is 3. The minimum Gasteiger partial charge on any atom is -0.482 e. The van der Waals surface area contributed by atoms with E-state index in [4.69, 9.17) is 10.5 Å². The van der Waals surface area contributed by atoms with E-state index in [0.717, 1.165) is 25.3 Å². The Balaban J connectivity index is 2.30. The van der Waals surface area contributed by atoms with Crippen LogP contribution in [-0.4, -0.2) is 17.1 Å². The molecule has 2 atom stereocenters. The number of halogens is 2. The summed E-state index contributed by atoms with van der Waals surface area (Å²) in [7, 11) is 0. The van der Waals surface area contributed by atoms with Crippen LogP contribution in [0.15, 0.2) is 12.1 Å². The zero-order valence-electron chi connectivity index (χ0n) is 9.44. The standard InChI is InChI=1S/C11H12FIN2O3/c12-6-4-11(9(15(16)17)5-7(6)13)18-10-3-1-2-8(10)14/h4-5,8,10H,1-3,14H2. The summed E-state index contributed by atoms with van der Waals surface area (Å²) in [6, 6.07) is 2.09. The van der Waals surface area contributed by atoms with Crippen LogP contribution in [0, 0.1) is 19.5 Å². The first-order valence-electron chi connectivity index (χ1n) is 5.54. The molecule has 1 aliphatic carbocycles. The fourth-order valence-electron chi connectivity index (χ4n) is 2.02. The van der Waals surface area contributed by atoms with Crippen molar-refractivity contribution in [3.05, 3.63) is 31.6 Å². The molecule has 0 heterocycles. The van der Waals surface area contributed by atoms with Crippen molar-refractivity contribution >= 4 is 28.3 Å². The van der Waals surface area contributed by atoms with E-state index < -0.39 is 10.7 Å². The Morgan fingerprint density at radius 3 is 2.78 bits per heavy atom. The molecule has 0 radical (unpaired) electrons. The van der Waals surface area contributed by atoms with Gasteiger partial charge in [0.2, 0.25) is 0 Å². The topological polar surface area (TPSA) is 78.4 Å². The summed E-state index contributed by atoms with van der Waals surface area (Å²) in [6.07, 6.45) is 2.21. The van der Waals surface area contributed by atoms with Gasteiger partial charge < -0.3 is 10.5 Å². The van der Waals surface area contributed by atoms with Gasteiger partial charge in [-0.3, -0.25) is 10.1 Å². The molecule has 1 aliphatic rings. The fourth-order valence-corrected chi connectivity index (χ4v) is 2.47. The van der Waals surface area contributed by atoms with Crippen LogP contribution in [0.5, 0.6) is 5.75 Å². The number of nitro benzene ring substituents is 1. The van der Waals surface area contributed by atoms with Crippen molar-refractivity contribution in [1.29, 1.82) is 0 Å². The molecule has 2 rings (SSSR count). The third kappa shape index (κ3) is 2.72. The molecular formula is C11H12FIN2O3. The lowest BCUT2D eigenvalue weighted by Gasteiger charge is -2.17. The Kier molecular flexibility index (Phi) is 4.00. The van der Waals surface area contributed by atoms with Gasteiger partial charge in [-0.15, -0.1) is 0 Å². The zero-order chi connectivity index (χ0) is 13.3. The molecule has 1 saturated carbocycles. The highest BCUT2D eigenvalue weighted by atomic mass is 127. The number of hydrogen-bond donors (Lipinski definition) is 1. The van der Waals surface area contributed by atoms with Crippen LogP contribution in [0.25, 0.3) is 0 Å². The van der Waals surface area contributed by atoms with Gasteiger partial charge in [0.1, 0.15) is 11.9 Å². The van der Waals surface area contributed by atoms with Crippen molar-refractivity contribution in [3.8, 4) is 5.75 Å². The van der Waals surface area contributed by atoms with Gasteiger partial charge in [-0.2, -0.15) is 0 Å². The maximum Gasteiger partial charge on any atom is 0.312 e. The van der Waals surface area contributed by atoms with Gasteiger partial charge in [0.05, 0.1) is 8.49 Å². The van der Waals surface area contributed by atoms with E-state index in [2.05, 4.69) is 0 Å². The summed E-state index contributed by atoms with van der Waals surface area (Å²) >= 11 is 1.71. The second kappa shape index (κ2) is 5.35. The van der Waals surface area contributed by atoms with Gasteiger partial charge in [-0.1, -0.05) is 0 Å². The number of ether oxygens (including phenoxy) is 1. The highest BCUT2D eigenvalue weighted by Crippen LogP contribution is 2.33. The lowest BCUT2D eigenvalue weighted by molar-refractivity contribution is -0.386. The first-order valence-corrected chi connectivity index (χ1v) is 6.62. The quantitative estimate of drug-likeness (QED) is 0.507. The van der Waals surface area contributed by atoms with E-state index in [1.54, 1.807) is 22.6 Å². The maximum absolute atomic E-state index is 13.5. The number of nitro groups is 1. The Hall–Kier alpha value is -0.960. The van der Waals surface area contributed by atoms with E-state index in [0.29, 0.717) is 0 Å². The van der Waals surface area contributed by atoms with Gasteiger partial charge in [0, 0.05) is 18.2 Å². The first-order chi connectivity index (χ1) is 8.49. The van der Waals surface area contributed by atoms with Gasteiger partial charge in [0.25, 0.3) is 0 Å². The van der Waals surface area contributed by atoms with Gasteiger partial charge >= 0.3 is 5.69 Å². The van der Waals surface area contributed by atoms with Crippen LogP contribution in [-0.2, 0) is 0 Å². The molecule has 0 spiro atoms. The van der Waals surface area contributed by atoms with Crippen molar-refractivity contribution < 1.29 is 14.1 Å². The van der Waals surface area contributed by atoms with Gasteiger partial charge in [0.15, 0.2) is 5.75 Å². The molecule has 2 unspecified atom stereocenters. The maximum atomic E-state index is 13.5. The van der Waals surface area contributed by atoms with Crippen molar-refractivity contribution in [1.82, 2.24) is 0 Å². The molecular weight excluding hydrogens is 354 g/mol. The van der Waals surface area contributed by atoms with E-state index in [9.17, 15) is 14.5 Å². The van der Waals surface area contributed by atoms with Crippen LogP contribution in [0.1, 0.15) is 19.3 Å². The normalized spacial score (nSPS) is 23.1. The van der Waals surface area contributed by atoms with Crippen LogP contribution in [0.4, 0.5) is 10.1 Å². The highest BCUT2D eigenvalue weighted by Gasteiger charge is 2.29. The fraction of sp³-hybridized carbons (Fsp3) is 0.455. The molecule has 1 aromatic carbocycles. The summed E-state index contributed by atoms with van der Waals surface area (Å²) < 4.78 is 19.2. The summed E-state index contributed by atoms with van der Waals surface area (Å²) in [6.45, 7) is 0. The van der Waals surface area contributed by atoms with Crippen molar-refractivity contribution in [3.63, 3.8) is 0 Å². The Bertz CT molecular complexity index is 484. The first kappa shape index (κ1) is 13.5. The molecule has 0 amide bonds. The van der Waals surface area contributed by atoms with Crippen molar-refractivity contribution in [2.45, 2.75) is 31.4 Å². The number of nitrogens with zero attached hydrogens (tertiary/aromatic N) is 1. The number of benzene rings is 1. The van der Waals surface area contributed by atoms with Gasteiger partial charge in [-0.05, 0) is 41.9 Å². The Morgan fingerprint density at radius 1 is 1.50 bits per heavy atom. The number of hydrogen-bond acceptors (Lipinski definition) is 4. The van der Waals surface area contributed by atoms with Crippen LogP contribution >= 0.6 is 22.6 Å². The molecule has 2 N–H and O–H groups in total. The molecule has 0 aromatic heterocycles. The molecule has 18 heavy (non-hydrogen) atoms. The van der Waals surface area contributed by atoms with Crippen LogP contribution in [0.2, 0.25) is 0 Å². The molecule has 0 aliphatic heterocycles. The average Bonchev–Trinajstić information content (AvgIpc) is 2.69. The minimum atomic E-state index is -0.572. The third-order valence-electron chi connectivity index (χ3n) is 2.98. The Labute approximate surface area is 117 Å². The molecule has 1 fully saturated rings. The second-order valence-electron chi connectivity index (χ2n) is 4.24. The molecule has 5 nitrogen and oxygen atoms in total. The molecule has 0 saturated heterocycles. The largest absolute Gasteiger partial charge is 0.482 e. The predicted octanol–water partition coefficient (Wildman–Crippen LogP) is 2.60. The summed E-state index contributed by atoms with van der Waals surface area (Å²) in [5.74, 6) is -0.567.